The zero-order valence-electron chi connectivity index (χ0n) is 20.5. The lowest BCUT2D eigenvalue weighted by Crippen LogP contribution is -2.15. The highest BCUT2D eigenvalue weighted by Gasteiger charge is 2.14. The molecule has 0 atom stereocenters. The lowest BCUT2D eigenvalue weighted by molar-refractivity contribution is 0.949. The molecule has 0 radical (unpaired) electrons. The van der Waals surface area contributed by atoms with Gasteiger partial charge in [-0.05, 0) is 93.3 Å². The Balaban J connectivity index is 1.14. The number of aromatic nitrogens is 2. The number of nitrogens with one attached hydrogen (secondary N) is 4. The second-order valence-electron chi connectivity index (χ2n) is 8.67. The third-order valence-corrected chi connectivity index (χ3v) is 7.65. The Kier molecular flexibility index (Phi) is 7.28. The average molecular weight is 520 g/mol. The monoisotopic (exact) mass is 519 g/mol. The molecule has 0 saturated carbocycles. The van der Waals surface area contributed by atoms with Gasteiger partial charge in [-0.3, -0.25) is 5.43 Å². The normalized spacial score (nSPS) is 13.4. The Morgan fingerprint density at radius 3 is 2.22 bits per heavy atom. The van der Waals surface area contributed by atoms with E-state index in [2.05, 4.69) is 78.2 Å². The number of anilines is 5. The fraction of sp³-hybridized carbons (Fsp3) is 0.280. The quantitative estimate of drug-likeness (QED) is 0.135. The van der Waals surface area contributed by atoms with Crippen LogP contribution in [0.4, 0.5) is 37.9 Å². The Bertz CT molecular complexity index is 1360. The van der Waals surface area contributed by atoms with Crippen molar-refractivity contribution in [3.63, 3.8) is 0 Å². The number of rotatable bonds is 9. The number of azo groups is 1. The maximum Gasteiger partial charge on any atom is 0.251 e. The Hall–Kier alpha value is -3.70. The first-order valence-electron chi connectivity index (χ1n) is 11.9. The summed E-state index contributed by atoms with van der Waals surface area (Å²) in [5.41, 5.74) is 19.1. The summed E-state index contributed by atoms with van der Waals surface area (Å²) >= 11 is 3.20. The molecule has 11 heteroatoms. The number of aryl methyl sites for hydroxylation is 3. The molecule has 0 unspecified atom stereocenters. The molecule has 0 aliphatic carbocycles. The van der Waals surface area contributed by atoms with Gasteiger partial charge in [-0.25, -0.2) is 0 Å². The van der Waals surface area contributed by atoms with Crippen LogP contribution in [0.1, 0.15) is 29.0 Å². The van der Waals surface area contributed by atoms with Crippen LogP contribution in [0.3, 0.4) is 0 Å². The average Bonchev–Trinajstić information content (AvgIpc) is 3.64. The molecule has 2 aromatic carbocycles. The van der Waals surface area contributed by atoms with E-state index in [1.54, 1.807) is 11.3 Å². The fourth-order valence-corrected chi connectivity index (χ4v) is 5.35. The molecule has 5 rings (SSSR count). The van der Waals surface area contributed by atoms with E-state index in [1.807, 2.05) is 38.1 Å². The number of nitrogens with zero attached hydrogens (tertiary/aromatic N) is 5. The van der Waals surface area contributed by atoms with Crippen molar-refractivity contribution in [1.82, 2.24) is 10.2 Å². The number of thiophene rings is 1. The summed E-state index contributed by atoms with van der Waals surface area (Å²) in [4.78, 5) is 2.45. The largest absolute Gasteiger partial charge is 0.363 e. The minimum Gasteiger partial charge on any atom is -0.363 e. The van der Waals surface area contributed by atoms with E-state index in [4.69, 9.17) is 0 Å². The minimum absolute atomic E-state index is 0.557. The van der Waals surface area contributed by atoms with Gasteiger partial charge in [0.25, 0.3) is 5.13 Å². The van der Waals surface area contributed by atoms with Crippen LogP contribution in [0.5, 0.6) is 0 Å². The number of hydrazine groups is 2. The van der Waals surface area contributed by atoms with Gasteiger partial charge in [0.05, 0.1) is 27.8 Å². The van der Waals surface area contributed by atoms with Crippen molar-refractivity contribution in [2.75, 3.05) is 39.7 Å². The predicted molar refractivity (Wildman–Crippen MR) is 151 cm³/mol. The molecule has 36 heavy (non-hydrogen) atoms. The number of hydrogen-bond acceptors (Lipinski definition) is 11. The SMILES string of the molecule is Cc1nnc(N=Nc2ccc(NNc3ccc(NNc4ccc(N5CCCC5)s4)cc3C)cc2C)s1. The predicted octanol–water partition coefficient (Wildman–Crippen LogP) is 7.42. The highest BCUT2D eigenvalue weighted by molar-refractivity contribution is 7.20. The van der Waals surface area contributed by atoms with Gasteiger partial charge in [-0.15, -0.1) is 20.4 Å². The van der Waals surface area contributed by atoms with Crippen LogP contribution in [-0.2, 0) is 0 Å². The van der Waals surface area contributed by atoms with E-state index in [1.165, 1.54) is 29.2 Å². The minimum atomic E-state index is 0.557. The van der Waals surface area contributed by atoms with Crippen molar-refractivity contribution in [2.45, 2.75) is 33.6 Å². The van der Waals surface area contributed by atoms with Gasteiger partial charge >= 0.3 is 0 Å². The van der Waals surface area contributed by atoms with Crippen molar-refractivity contribution >= 4 is 60.6 Å². The zero-order valence-corrected chi connectivity index (χ0v) is 22.1. The third-order valence-electron chi connectivity index (χ3n) is 5.86. The molecule has 186 valence electrons. The second-order valence-corrected chi connectivity index (χ2v) is 10.9. The van der Waals surface area contributed by atoms with Gasteiger partial charge in [0.1, 0.15) is 10.0 Å². The topological polar surface area (TPSA) is 102 Å². The molecule has 0 amide bonds. The maximum atomic E-state index is 4.30. The van der Waals surface area contributed by atoms with Crippen LogP contribution in [0.25, 0.3) is 0 Å². The zero-order chi connectivity index (χ0) is 24.9. The fourth-order valence-electron chi connectivity index (χ4n) is 3.93. The van der Waals surface area contributed by atoms with E-state index >= 15 is 0 Å². The molecular formula is C25H29N9S2. The van der Waals surface area contributed by atoms with Crippen LogP contribution in [0, 0.1) is 20.8 Å². The van der Waals surface area contributed by atoms with Crippen LogP contribution in [-0.4, -0.2) is 23.3 Å². The molecule has 1 saturated heterocycles. The van der Waals surface area contributed by atoms with E-state index in [0.29, 0.717) is 5.13 Å². The van der Waals surface area contributed by atoms with Crippen molar-refractivity contribution in [2.24, 2.45) is 10.2 Å². The molecule has 0 bridgehead atoms. The summed E-state index contributed by atoms with van der Waals surface area (Å²) < 4.78 is 0. The van der Waals surface area contributed by atoms with Gasteiger partial charge in [0.15, 0.2) is 0 Å². The maximum absolute atomic E-state index is 4.30. The molecule has 1 fully saturated rings. The first kappa shape index (κ1) is 24.0. The molecule has 1 aliphatic heterocycles. The van der Waals surface area contributed by atoms with E-state index in [-0.39, 0.29) is 0 Å². The Labute approximate surface area is 218 Å². The Morgan fingerprint density at radius 2 is 1.50 bits per heavy atom. The van der Waals surface area contributed by atoms with Gasteiger partial charge < -0.3 is 21.2 Å². The van der Waals surface area contributed by atoms with Gasteiger partial charge in [0, 0.05) is 13.1 Å². The first-order valence-corrected chi connectivity index (χ1v) is 13.5. The summed E-state index contributed by atoms with van der Waals surface area (Å²) in [6.45, 7) is 8.30. The lowest BCUT2D eigenvalue weighted by atomic mass is 10.2. The van der Waals surface area contributed by atoms with Crippen molar-refractivity contribution in [1.29, 1.82) is 0 Å². The van der Waals surface area contributed by atoms with Gasteiger partial charge in [-0.1, -0.05) is 22.7 Å². The summed E-state index contributed by atoms with van der Waals surface area (Å²) in [5.74, 6) is 0. The van der Waals surface area contributed by atoms with E-state index in [9.17, 15) is 0 Å². The molecule has 0 spiro atoms. The van der Waals surface area contributed by atoms with Crippen LogP contribution in [0.15, 0.2) is 58.8 Å². The summed E-state index contributed by atoms with van der Waals surface area (Å²) in [6.07, 6.45) is 2.58. The molecule has 3 heterocycles. The van der Waals surface area contributed by atoms with Crippen molar-refractivity contribution in [3.05, 3.63) is 64.7 Å². The highest BCUT2D eigenvalue weighted by Crippen LogP contribution is 2.32. The van der Waals surface area contributed by atoms with Crippen molar-refractivity contribution in [3.8, 4) is 0 Å². The molecule has 4 aromatic rings. The first-order chi connectivity index (χ1) is 17.5. The van der Waals surface area contributed by atoms with Crippen LogP contribution >= 0.6 is 22.7 Å². The number of benzene rings is 2. The summed E-state index contributed by atoms with van der Waals surface area (Å²) in [7, 11) is 0. The molecule has 2 aromatic heterocycles. The summed E-state index contributed by atoms with van der Waals surface area (Å²) in [6, 6.07) is 16.5. The van der Waals surface area contributed by atoms with Gasteiger partial charge in [-0.2, -0.15) is 0 Å². The standard InChI is InChI=1S/C25H29N9S2/c1-16-15-20(28-31-23-10-11-24(36-23)34-12-4-5-13-34)7-8-21(16)29-27-19-6-9-22(17(2)14-19)30-33-25-32-26-18(3)35-25/h6-11,14-15,27-29,31H,4-5,12-13H2,1-3H3. The lowest BCUT2D eigenvalue weighted by Gasteiger charge is -2.15. The molecule has 4 N–H and O–H groups in total. The number of hydrogen-bond donors (Lipinski definition) is 4. The second kappa shape index (κ2) is 10.9. The highest BCUT2D eigenvalue weighted by atomic mass is 32.1. The third kappa shape index (κ3) is 5.92. The Morgan fingerprint density at radius 1 is 0.750 bits per heavy atom. The molecule has 1 aliphatic rings. The van der Waals surface area contributed by atoms with Crippen LogP contribution in [0.2, 0.25) is 0 Å². The van der Waals surface area contributed by atoms with E-state index < -0.39 is 0 Å². The summed E-state index contributed by atoms with van der Waals surface area (Å²) in [5, 5.41) is 20.3. The molecular weight excluding hydrogens is 490 g/mol. The van der Waals surface area contributed by atoms with Crippen LogP contribution < -0.4 is 26.6 Å². The molecule has 9 nitrogen and oxygen atoms in total. The smallest absolute Gasteiger partial charge is 0.251 e. The van der Waals surface area contributed by atoms with Gasteiger partial charge in [0.2, 0.25) is 0 Å². The van der Waals surface area contributed by atoms with Crippen molar-refractivity contribution < 1.29 is 0 Å². The van der Waals surface area contributed by atoms with E-state index in [0.717, 1.165) is 57.0 Å².